The Kier molecular flexibility index (Phi) is 14.4. The highest BCUT2D eigenvalue weighted by atomic mass is 28.4. The topological polar surface area (TPSA) is 35.5 Å². The summed E-state index contributed by atoms with van der Waals surface area (Å²) in [4.78, 5) is 12.2. The molecule has 0 aromatic rings. The van der Waals surface area contributed by atoms with E-state index < -0.39 is 8.32 Å². The third kappa shape index (κ3) is 11.2. The number of hydrogen-bond donors (Lipinski definition) is 0. The van der Waals surface area contributed by atoms with Gasteiger partial charge in [0.2, 0.25) is 0 Å². The van der Waals surface area contributed by atoms with E-state index in [0.29, 0.717) is 0 Å². The number of rotatable bonds is 19. The van der Waals surface area contributed by atoms with Crippen LogP contribution in [0.4, 0.5) is 0 Å². The van der Waals surface area contributed by atoms with Crippen molar-refractivity contribution in [3.63, 3.8) is 0 Å². The molecule has 1 aliphatic heterocycles. The van der Waals surface area contributed by atoms with E-state index in [1.165, 1.54) is 77.0 Å². The van der Waals surface area contributed by atoms with Gasteiger partial charge in [0, 0.05) is 12.5 Å². The third-order valence-electron chi connectivity index (χ3n) is 7.78. The molecule has 0 amide bonds. The maximum absolute atomic E-state index is 12.2. The molecule has 190 valence electrons. The average molecular weight is 469 g/mol. The van der Waals surface area contributed by atoms with Crippen molar-refractivity contribution in [2.24, 2.45) is 5.92 Å². The Bertz CT molecular complexity index is 497. The Morgan fingerprint density at radius 1 is 0.844 bits per heavy atom. The molecule has 0 radical (unpaired) electrons. The van der Waals surface area contributed by atoms with E-state index >= 15 is 0 Å². The van der Waals surface area contributed by atoms with Crippen molar-refractivity contribution in [2.75, 3.05) is 0 Å². The Morgan fingerprint density at radius 3 is 1.84 bits per heavy atom. The molecule has 0 aromatic carbocycles. The first-order valence-corrected chi connectivity index (χ1v) is 16.9. The molecule has 1 heterocycles. The number of esters is 1. The van der Waals surface area contributed by atoms with Crippen molar-refractivity contribution in [1.29, 1.82) is 0 Å². The summed E-state index contributed by atoms with van der Waals surface area (Å²) in [6.45, 7) is 16.2. The average Bonchev–Trinajstić information content (AvgIpc) is 2.70. The summed E-state index contributed by atoms with van der Waals surface area (Å²) >= 11 is 0. The number of ether oxygens (including phenoxy) is 1. The van der Waals surface area contributed by atoms with Gasteiger partial charge in [0.1, 0.15) is 6.10 Å². The van der Waals surface area contributed by atoms with Crippen molar-refractivity contribution in [3.05, 3.63) is 0 Å². The van der Waals surface area contributed by atoms with Crippen molar-refractivity contribution in [3.8, 4) is 0 Å². The van der Waals surface area contributed by atoms with Crippen molar-refractivity contribution in [2.45, 2.75) is 168 Å². The van der Waals surface area contributed by atoms with Gasteiger partial charge in [0.25, 0.3) is 0 Å². The second-order valence-corrected chi connectivity index (χ2v) is 16.5. The lowest BCUT2D eigenvalue weighted by molar-refractivity contribution is -0.188. The maximum Gasteiger partial charge on any atom is 0.313 e. The molecule has 1 saturated heterocycles. The molecule has 1 rings (SSSR count). The largest absolute Gasteiger partial charge is 0.461 e. The lowest BCUT2D eigenvalue weighted by Crippen LogP contribution is -2.49. The first-order valence-electron chi connectivity index (χ1n) is 14.0. The van der Waals surface area contributed by atoms with E-state index in [2.05, 4.69) is 47.7 Å². The number of carbonyl (C=O) groups excluding carboxylic acids is 1. The predicted octanol–water partition coefficient (Wildman–Crippen LogP) is 9.20. The number of cyclic esters (lactones) is 1. The first kappa shape index (κ1) is 29.7. The minimum atomic E-state index is -1.83. The van der Waals surface area contributed by atoms with Crippen LogP contribution in [-0.4, -0.2) is 26.5 Å². The van der Waals surface area contributed by atoms with E-state index in [1.807, 2.05) is 0 Å². The monoisotopic (exact) mass is 468 g/mol. The van der Waals surface area contributed by atoms with Gasteiger partial charge in [-0.3, -0.25) is 4.79 Å². The molecule has 0 unspecified atom stereocenters. The fourth-order valence-electron chi connectivity index (χ4n) is 4.47. The standard InChI is InChI=1S/C28H56O3Si/c1-8-10-12-14-15-16-18-20-22-25-26(30-27(25)29)23-24(21-19-17-13-11-9-2)31-32(6,7)28(3,4)5/h24-26H,8-23H2,1-7H3/t24-,25-,26-/m0/s1. The fourth-order valence-corrected chi connectivity index (χ4v) is 5.87. The molecule has 3 nitrogen and oxygen atoms in total. The second-order valence-electron chi connectivity index (χ2n) is 11.8. The van der Waals surface area contributed by atoms with Gasteiger partial charge in [0.05, 0.1) is 5.92 Å². The van der Waals surface area contributed by atoms with E-state index in [0.717, 1.165) is 25.7 Å². The molecule has 0 aromatic heterocycles. The molecular weight excluding hydrogens is 412 g/mol. The smallest absolute Gasteiger partial charge is 0.313 e. The van der Waals surface area contributed by atoms with Gasteiger partial charge in [0.15, 0.2) is 8.32 Å². The lowest BCUT2D eigenvalue weighted by Gasteiger charge is -2.42. The molecule has 0 aliphatic carbocycles. The summed E-state index contributed by atoms with van der Waals surface area (Å²) in [7, 11) is -1.83. The van der Waals surface area contributed by atoms with Crippen molar-refractivity contribution in [1.82, 2.24) is 0 Å². The summed E-state index contributed by atoms with van der Waals surface area (Å²) in [5.74, 6) is 0.146. The van der Waals surface area contributed by atoms with E-state index in [9.17, 15) is 4.79 Å². The van der Waals surface area contributed by atoms with Gasteiger partial charge in [-0.25, -0.2) is 0 Å². The fraction of sp³-hybridized carbons (Fsp3) is 0.964. The lowest BCUT2D eigenvalue weighted by atomic mass is 9.86. The summed E-state index contributed by atoms with van der Waals surface area (Å²) in [6.07, 6.45) is 20.3. The van der Waals surface area contributed by atoms with E-state index in [1.54, 1.807) is 0 Å². The Morgan fingerprint density at radius 2 is 1.34 bits per heavy atom. The molecule has 1 fully saturated rings. The van der Waals surface area contributed by atoms with Crippen LogP contribution in [-0.2, 0) is 14.0 Å². The quantitative estimate of drug-likeness (QED) is 0.108. The first-order chi connectivity index (χ1) is 15.1. The van der Waals surface area contributed by atoms with Crippen LogP contribution in [0.2, 0.25) is 18.1 Å². The Balaban J connectivity index is 2.48. The van der Waals surface area contributed by atoms with Crippen LogP contribution in [0.15, 0.2) is 0 Å². The van der Waals surface area contributed by atoms with Gasteiger partial charge in [-0.2, -0.15) is 0 Å². The molecule has 0 bridgehead atoms. The highest BCUT2D eigenvalue weighted by Crippen LogP contribution is 2.40. The molecule has 3 atom stereocenters. The van der Waals surface area contributed by atoms with Crippen LogP contribution >= 0.6 is 0 Å². The molecule has 1 aliphatic rings. The van der Waals surface area contributed by atoms with Crippen LogP contribution < -0.4 is 0 Å². The zero-order chi connectivity index (χ0) is 24.0. The highest BCUT2D eigenvalue weighted by molar-refractivity contribution is 6.74. The molecule has 0 saturated carbocycles. The summed E-state index contributed by atoms with van der Waals surface area (Å²) in [5.41, 5.74) is 0. The second kappa shape index (κ2) is 15.5. The molecule has 0 spiro atoms. The van der Waals surface area contributed by atoms with E-state index in [4.69, 9.17) is 9.16 Å². The van der Waals surface area contributed by atoms with Crippen molar-refractivity contribution >= 4 is 14.3 Å². The zero-order valence-corrected chi connectivity index (χ0v) is 23.8. The predicted molar refractivity (Wildman–Crippen MR) is 141 cm³/mol. The van der Waals surface area contributed by atoms with Crippen LogP contribution in [0.25, 0.3) is 0 Å². The molecule has 0 N–H and O–H groups in total. The van der Waals surface area contributed by atoms with Gasteiger partial charge in [-0.15, -0.1) is 0 Å². The van der Waals surface area contributed by atoms with Gasteiger partial charge < -0.3 is 9.16 Å². The van der Waals surface area contributed by atoms with Crippen LogP contribution in [0.1, 0.15) is 137 Å². The highest BCUT2D eigenvalue weighted by Gasteiger charge is 2.45. The third-order valence-corrected chi connectivity index (χ3v) is 12.3. The molecule has 4 heteroatoms. The number of carbonyl (C=O) groups is 1. The van der Waals surface area contributed by atoms with Gasteiger partial charge in [-0.1, -0.05) is 118 Å². The zero-order valence-electron chi connectivity index (χ0n) is 22.8. The Hall–Kier alpha value is -0.353. The minimum absolute atomic E-state index is 0.0342. The SMILES string of the molecule is CCCCCCCCCC[C@@H]1C(=O)O[C@H]1C[C@H](CCCCCCC)O[Si](C)(C)C(C)(C)C. The Labute approximate surface area is 201 Å². The minimum Gasteiger partial charge on any atom is -0.461 e. The van der Waals surface area contributed by atoms with Gasteiger partial charge >= 0.3 is 5.97 Å². The number of unbranched alkanes of at least 4 members (excludes halogenated alkanes) is 11. The molecule has 32 heavy (non-hydrogen) atoms. The molecular formula is C28H56O3Si. The van der Waals surface area contributed by atoms with Crippen LogP contribution in [0.5, 0.6) is 0 Å². The normalized spacial score (nSPS) is 20.2. The van der Waals surface area contributed by atoms with Crippen LogP contribution in [0, 0.1) is 5.92 Å². The number of hydrogen-bond acceptors (Lipinski definition) is 3. The van der Waals surface area contributed by atoms with Gasteiger partial charge in [-0.05, 0) is 31.0 Å². The summed E-state index contributed by atoms with van der Waals surface area (Å²) in [5, 5.41) is 0.209. The maximum atomic E-state index is 12.2. The summed E-state index contributed by atoms with van der Waals surface area (Å²) < 4.78 is 12.5. The van der Waals surface area contributed by atoms with Crippen LogP contribution in [0.3, 0.4) is 0 Å². The van der Waals surface area contributed by atoms with Crippen molar-refractivity contribution < 1.29 is 14.0 Å². The summed E-state index contributed by atoms with van der Waals surface area (Å²) in [6, 6.07) is 0. The van der Waals surface area contributed by atoms with E-state index in [-0.39, 0.29) is 29.1 Å².